The van der Waals surface area contributed by atoms with Gasteiger partial charge in [-0.15, -0.1) is 0 Å². The summed E-state index contributed by atoms with van der Waals surface area (Å²) in [6.45, 7) is 3.77. The number of Topliss-reactive ketones (excluding diaryl/α,β-unsaturated/α-hetero) is 1. The van der Waals surface area contributed by atoms with E-state index in [1.165, 1.54) is 0 Å². The minimum absolute atomic E-state index is 0.218. The molecule has 0 aromatic heterocycles. The zero-order valence-electron chi connectivity index (χ0n) is 12.2. The molecule has 2 unspecified atom stereocenters. The van der Waals surface area contributed by atoms with Crippen molar-refractivity contribution in [2.24, 2.45) is 5.92 Å². The van der Waals surface area contributed by atoms with Crippen LogP contribution in [0.5, 0.6) is 0 Å². The molecule has 21 heavy (non-hydrogen) atoms. The predicted octanol–water partition coefficient (Wildman–Crippen LogP) is 1.94. The van der Waals surface area contributed by atoms with E-state index in [4.69, 9.17) is 0 Å². The van der Waals surface area contributed by atoms with Crippen molar-refractivity contribution in [2.75, 3.05) is 0 Å². The molecule has 0 radical (unpaired) electrons. The van der Waals surface area contributed by atoms with E-state index in [0.717, 1.165) is 12.0 Å². The van der Waals surface area contributed by atoms with Gasteiger partial charge in [-0.05, 0) is 38.2 Å². The van der Waals surface area contributed by atoms with Gasteiger partial charge < -0.3 is 10.4 Å². The van der Waals surface area contributed by atoms with Crippen LogP contribution in [0.15, 0.2) is 24.3 Å². The van der Waals surface area contributed by atoms with Gasteiger partial charge >= 0.3 is 5.97 Å². The van der Waals surface area contributed by atoms with Crippen molar-refractivity contribution in [1.82, 2.24) is 5.32 Å². The molecule has 1 amide bonds. The third kappa shape index (κ3) is 3.12. The average Bonchev–Trinajstić information content (AvgIpc) is 2.80. The number of hydrogen-bond acceptors (Lipinski definition) is 3. The van der Waals surface area contributed by atoms with Crippen LogP contribution in [0.1, 0.15) is 42.1 Å². The maximum absolute atomic E-state index is 12.1. The minimum atomic E-state index is -1.31. The standard InChI is InChI=1S/C16H19NO4/c1-10-4-3-5-12(8-10)13(18)14(19)17-16(15(20)21)7-6-11(2)9-16/h3-5,8,11H,6-7,9H2,1-2H3,(H,17,19)(H,20,21). The van der Waals surface area contributed by atoms with Crippen molar-refractivity contribution in [3.63, 3.8) is 0 Å². The third-order valence-electron chi connectivity index (χ3n) is 4.01. The molecule has 0 saturated heterocycles. The molecule has 1 fully saturated rings. The van der Waals surface area contributed by atoms with Crippen LogP contribution in [0.4, 0.5) is 0 Å². The fraction of sp³-hybridized carbons (Fsp3) is 0.438. The van der Waals surface area contributed by atoms with E-state index in [1.807, 2.05) is 19.9 Å². The Hall–Kier alpha value is -2.17. The molecule has 0 heterocycles. The lowest BCUT2D eigenvalue weighted by molar-refractivity contribution is -0.146. The van der Waals surface area contributed by atoms with Crippen molar-refractivity contribution < 1.29 is 19.5 Å². The van der Waals surface area contributed by atoms with E-state index < -0.39 is 23.2 Å². The second-order valence-corrected chi connectivity index (χ2v) is 5.89. The number of carboxylic acids is 1. The molecule has 0 aliphatic heterocycles. The molecular formula is C16H19NO4. The first kappa shape index (κ1) is 15.2. The van der Waals surface area contributed by atoms with Crippen LogP contribution in [0.3, 0.4) is 0 Å². The summed E-state index contributed by atoms with van der Waals surface area (Å²) >= 11 is 0. The molecule has 1 aliphatic carbocycles. The second kappa shape index (κ2) is 5.68. The maximum Gasteiger partial charge on any atom is 0.329 e. The molecule has 2 N–H and O–H groups in total. The molecule has 1 aromatic rings. The van der Waals surface area contributed by atoms with Crippen LogP contribution in [0.2, 0.25) is 0 Å². The van der Waals surface area contributed by atoms with Crippen LogP contribution in [0.25, 0.3) is 0 Å². The van der Waals surface area contributed by atoms with Crippen molar-refractivity contribution in [2.45, 2.75) is 38.6 Å². The molecule has 0 bridgehead atoms. The van der Waals surface area contributed by atoms with Crippen LogP contribution >= 0.6 is 0 Å². The first-order chi connectivity index (χ1) is 9.84. The highest BCUT2D eigenvalue weighted by atomic mass is 16.4. The Balaban J connectivity index is 2.17. The molecule has 0 spiro atoms. The van der Waals surface area contributed by atoms with Gasteiger partial charge in [0.2, 0.25) is 5.78 Å². The number of aryl methyl sites for hydroxylation is 1. The number of aliphatic carboxylic acids is 1. The number of carboxylic acid groups (broad SMARTS) is 1. The number of rotatable bonds is 4. The SMILES string of the molecule is Cc1cccc(C(=O)C(=O)NC2(C(=O)O)CCC(C)C2)c1. The quantitative estimate of drug-likeness (QED) is 0.655. The molecule has 1 aliphatic rings. The Labute approximate surface area is 123 Å². The predicted molar refractivity (Wildman–Crippen MR) is 77.0 cm³/mol. The van der Waals surface area contributed by atoms with Gasteiger partial charge in [0.15, 0.2) is 0 Å². The summed E-state index contributed by atoms with van der Waals surface area (Å²) < 4.78 is 0. The zero-order chi connectivity index (χ0) is 15.6. The Morgan fingerprint density at radius 1 is 1.33 bits per heavy atom. The Morgan fingerprint density at radius 3 is 2.57 bits per heavy atom. The van der Waals surface area contributed by atoms with Crippen molar-refractivity contribution in [3.8, 4) is 0 Å². The first-order valence-corrected chi connectivity index (χ1v) is 7.01. The topological polar surface area (TPSA) is 83.5 Å². The molecule has 2 atom stereocenters. The molecule has 1 saturated carbocycles. The van der Waals surface area contributed by atoms with Crippen LogP contribution in [-0.2, 0) is 9.59 Å². The van der Waals surface area contributed by atoms with E-state index in [9.17, 15) is 19.5 Å². The summed E-state index contributed by atoms with van der Waals surface area (Å²) in [6, 6.07) is 6.69. The van der Waals surface area contributed by atoms with Crippen molar-refractivity contribution in [3.05, 3.63) is 35.4 Å². The average molecular weight is 289 g/mol. The van der Waals surface area contributed by atoms with E-state index in [0.29, 0.717) is 12.8 Å². The van der Waals surface area contributed by atoms with Crippen LogP contribution < -0.4 is 5.32 Å². The monoisotopic (exact) mass is 289 g/mol. The minimum Gasteiger partial charge on any atom is -0.480 e. The molecule has 2 rings (SSSR count). The summed E-state index contributed by atoms with van der Waals surface area (Å²) in [5.41, 5.74) is -0.161. The normalized spacial score (nSPS) is 24.6. The van der Waals surface area contributed by atoms with Gasteiger partial charge in [0.25, 0.3) is 5.91 Å². The maximum atomic E-state index is 12.1. The summed E-state index contributed by atoms with van der Waals surface area (Å²) in [4.78, 5) is 35.7. The highest BCUT2D eigenvalue weighted by Gasteiger charge is 2.46. The fourth-order valence-corrected chi connectivity index (χ4v) is 2.84. The number of amides is 1. The fourth-order valence-electron chi connectivity index (χ4n) is 2.84. The van der Waals surface area contributed by atoms with Crippen LogP contribution in [0, 0.1) is 12.8 Å². The Kier molecular flexibility index (Phi) is 4.11. The number of benzene rings is 1. The number of hydrogen-bond donors (Lipinski definition) is 2. The number of nitrogens with one attached hydrogen (secondary N) is 1. The second-order valence-electron chi connectivity index (χ2n) is 5.89. The van der Waals surface area contributed by atoms with Gasteiger partial charge in [-0.1, -0.05) is 30.7 Å². The van der Waals surface area contributed by atoms with E-state index in [-0.39, 0.29) is 11.5 Å². The Morgan fingerprint density at radius 2 is 2.05 bits per heavy atom. The number of ketones is 1. The number of carbonyl (C=O) groups excluding carboxylic acids is 2. The lowest BCUT2D eigenvalue weighted by Crippen LogP contribution is -2.54. The largest absolute Gasteiger partial charge is 0.480 e. The summed E-state index contributed by atoms with van der Waals surface area (Å²) in [5.74, 6) is -2.40. The summed E-state index contributed by atoms with van der Waals surface area (Å²) in [7, 11) is 0. The lowest BCUT2D eigenvalue weighted by Gasteiger charge is -2.25. The molecule has 1 aromatic carbocycles. The van der Waals surface area contributed by atoms with Gasteiger partial charge in [0.05, 0.1) is 0 Å². The summed E-state index contributed by atoms with van der Waals surface area (Å²) in [5, 5.41) is 11.9. The van der Waals surface area contributed by atoms with E-state index in [1.54, 1.807) is 18.2 Å². The van der Waals surface area contributed by atoms with Gasteiger partial charge in [-0.25, -0.2) is 4.79 Å². The molecule has 5 nitrogen and oxygen atoms in total. The van der Waals surface area contributed by atoms with Gasteiger partial charge in [-0.3, -0.25) is 9.59 Å². The third-order valence-corrected chi connectivity index (χ3v) is 4.01. The first-order valence-electron chi connectivity index (χ1n) is 7.01. The van der Waals surface area contributed by atoms with E-state index >= 15 is 0 Å². The molecular weight excluding hydrogens is 270 g/mol. The van der Waals surface area contributed by atoms with Gasteiger partial charge in [0.1, 0.15) is 5.54 Å². The molecule has 112 valence electrons. The van der Waals surface area contributed by atoms with Crippen molar-refractivity contribution >= 4 is 17.7 Å². The smallest absolute Gasteiger partial charge is 0.329 e. The van der Waals surface area contributed by atoms with Crippen molar-refractivity contribution in [1.29, 1.82) is 0 Å². The lowest BCUT2D eigenvalue weighted by atomic mass is 9.95. The zero-order valence-corrected chi connectivity index (χ0v) is 12.2. The highest BCUT2D eigenvalue weighted by Crippen LogP contribution is 2.34. The van der Waals surface area contributed by atoms with Gasteiger partial charge in [0, 0.05) is 5.56 Å². The van der Waals surface area contributed by atoms with Crippen LogP contribution in [-0.4, -0.2) is 28.3 Å². The molecule has 5 heteroatoms. The van der Waals surface area contributed by atoms with Gasteiger partial charge in [-0.2, -0.15) is 0 Å². The van der Waals surface area contributed by atoms with E-state index in [2.05, 4.69) is 5.32 Å². The number of carbonyl (C=O) groups is 3. The summed E-state index contributed by atoms with van der Waals surface area (Å²) in [6.07, 6.45) is 1.44. The Bertz CT molecular complexity index is 596. The highest BCUT2D eigenvalue weighted by molar-refractivity contribution is 6.43.